The number of pyridine rings is 1. The zero-order valence-corrected chi connectivity index (χ0v) is 18.6. The molecule has 0 aliphatic rings. The van der Waals surface area contributed by atoms with Gasteiger partial charge >= 0.3 is 5.97 Å². The summed E-state index contributed by atoms with van der Waals surface area (Å²) in [6.07, 6.45) is 4.26. The molecule has 0 bridgehead atoms. The van der Waals surface area contributed by atoms with Gasteiger partial charge in [-0.15, -0.1) is 0 Å². The van der Waals surface area contributed by atoms with Gasteiger partial charge in [0.1, 0.15) is 0 Å². The van der Waals surface area contributed by atoms with Crippen LogP contribution in [0.5, 0.6) is 0 Å². The predicted octanol–water partition coefficient (Wildman–Crippen LogP) is 4.57. The Morgan fingerprint density at radius 1 is 1.06 bits per heavy atom. The standard InChI is InChI=1S/C25H24N2O3S/c1-17-9-10-23-22(24(26-27(23)15-17)20-7-5-4-6-8-20)14-18-11-19(16-31(3)29)13-21(12-18)25(28)30-2/h4-13,15H,14,16H2,1-3H3. The number of hydrogen-bond acceptors (Lipinski definition) is 4. The number of esters is 1. The van der Waals surface area contributed by atoms with E-state index in [9.17, 15) is 9.00 Å². The summed E-state index contributed by atoms with van der Waals surface area (Å²) in [6, 6.07) is 19.9. The minimum absolute atomic E-state index is 0.386. The van der Waals surface area contributed by atoms with Crippen molar-refractivity contribution in [2.24, 2.45) is 0 Å². The average molecular weight is 433 g/mol. The number of aryl methyl sites for hydroxylation is 1. The zero-order chi connectivity index (χ0) is 22.0. The number of fused-ring (bicyclic) bond motifs is 1. The van der Waals surface area contributed by atoms with Crippen LogP contribution in [-0.4, -0.2) is 33.2 Å². The van der Waals surface area contributed by atoms with Crippen LogP contribution in [0.1, 0.15) is 32.6 Å². The van der Waals surface area contributed by atoms with E-state index in [4.69, 9.17) is 9.84 Å². The molecule has 4 rings (SSSR count). The highest BCUT2D eigenvalue weighted by molar-refractivity contribution is 7.83. The topological polar surface area (TPSA) is 60.7 Å². The number of carbonyl (C=O) groups is 1. The predicted molar refractivity (Wildman–Crippen MR) is 124 cm³/mol. The molecule has 0 spiro atoms. The van der Waals surface area contributed by atoms with Gasteiger partial charge in [-0.25, -0.2) is 9.31 Å². The summed E-state index contributed by atoms with van der Waals surface area (Å²) in [6.45, 7) is 2.04. The molecular formula is C25H24N2O3S. The number of nitrogens with zero attached hydrogens (tertiary/aromatic N) is 2. The third kappa shape index (κ3) is 4.59. The number of aromatic nitrogens is 2. The maximum absolute atomic E-state index is 12.2. The van der Waals surface area contributed by atoms with Crippen molar-refractivity contribution in [3.8, 4) is 11.3 Å². The van der Waals surface area contributed by atoms with E-state index in [-0.39, 0.29) is 0 Å². The van der Waals surface area contributed by atoms with Gasteiger partial charge in [0.05, 0.1) is 23.9 Å². The molecule has 0 amide bonds. The van der Waals surface area contributed by atoms with Crippen LogP contribution in [0.15, 0.2) is 66.9 Å². The van der Waals surface area contributed by atoms with Crippen LogP contribution >= 0.6 is 0 Å². The van der Waals surface area contributed by atoms with Crippen molar-refractivity contribution < 1.29 is 13.7 Å². The van der Waals surface area contributed by atoms with E-state index in [0.29, 0.717) is 17.7 Å². The van der Waals surface area contributed by atoms with Crippen LogP contribution < -0.4 is 0 Å². The van der Waals surface area contributed by atoms with E-state index in [2.05, 4.69) is 24.3 Å². The normalized spacial score (nSPS) is 12.1. The van der Waals surface area contributed by atoms with Gasteiger partial charge in [-0.05, 0) is 41.8 Å². The van der Waals surface area contributed by atoms with Crippen molar-refractivity contribution in [1.82, 2.24) is 9.61 Å². The van der Waals surface area contributed by atoms with Gasteiger partial charge < -0.3 is 4.74 Å². The Bertz CT molecular complexity index is 1280. The quantitative estimate of drug-likeness (QED) is 0.419. The lowest BCUT2D eigenvalue weighted by Crippen LogP contribution is -2.05. The lowest BCUT2D eigenvalue weighted by molar-refractivity contribution is 0.0600. The van der Waals surface area contributed by atoms with E-state index >= 15 is 0 Å². The summed E-state index contributed by atoms with van der Waals surface area (Å²) in [5.41, 5.74) is 7.46. The smallest absolute Gasteiger partial charge is 0.337 e. The molecule has 1 unspecified atom stereocenters. The van der Waals surface area contributed by atoms with E-state index in [0.717, 1.165) is 39.0 Å². The number of carbonyl (C=O) groups excluding carboxylic acids is 1. The molecule has 0 radical (unpaired) electrons. The lowest BCUT2D eigenvalue weighted by atomic mass is 9.97. The van der Waals surface area contributed by atoms with Crippen LogP contribution in [0.3, 0.4) is 0 Å². The Morgan fingerprint density at radius 3 is 2.52 bits per heavy atom. The molecule has 158 valence electrons. The highest BCUT2D eigenvalue weighted by Crippen LogP contribution is 2.29. The van der Waals surface area contributed by atoms with Crippen LogP contribution in [0.2, 0.25) is 0 Å². The molecule has 0 fully saturated rings. The summed E-state index contributed by atoms with van der Waals surface area (Å²) in [4.78, 5) is 12.2. The molecule has 31 heavy (non-hydrogen) atoms. The monoisotopic (exact) mass is 432 g/mol. The van der Waals surface area contributed by atoms with Gasteiger partial charge in [0.25, 0.3) is 0 Å². The van der Waals surface area contributed by atoms with Crippen molar-refractivity contribution >= 4 is 22.3 Å². The van der Waals surface area contributed by atoms with Crippen LogP contribution in [0, 0.1) is 6.92 Å². The fourth-order valence-corrected chi connectivity index (χ4v) is 4.46. The van der Waals surface area contributed by atoms with Gasteiger partial charge in [0, 0.05) is 46.6 Å². The van der Waals surface area contributed by atoms with Crippen LogP contribution in [0.4, 0.5) is 0 Å². The van der Waals surface area contributed by atoms with Crippen molar-refractivity contribution in [1.29, 1.82) is 0 Å². The highest BCUT2D eigenvalue weighted by atomic mass is 32.2. The first-order valence-corrected chi connectivity index (χ1v) is 11.7. The Balaban J connectivity index is 1.86. The zero-order valence-electron chi connectivity index (χ0n) is 17.8. The summed E-state index contributed by atoms with van der Waals surface area (Å²) in [5.74, 6) is -0.0131. The first-order chi connectivity index (χ1) is 14.9. The molecule has 0 aliphatic heterocycles. The van der Waals surface area contributed by atoms with Gasteiger partial charge in [0.2, 0.25) is 0 Å². The Morgan fingerprint density at radius 2 is 1.81 bits per heavy atom. The molecule has 0 saturated carbocycles. The molecular weight excluding hydrogens is 408 g/mol. The van der Waals surface area contributed by atoms with Gasteiger partial charge in [0.15, 0.2) is 0 Å². The fourth-order valence-electron chi connectivity index (χ4n) is 3.83. The third-order valence-electron chi connectivity index (χ3n) is 5.15. The molecule has 5 nitrogen and oxygen atoms in total. The van der Waals surface area contributed by atoms with E-state index < -0.39 is 16.8 Å². The largest absolute Gasteiger partial charge is 0.465 e. The molecule has 1 atom stereocenters. The molecule has 2 aromatic heterocycles. The number of rotatable bonds is 6. The van der Waals surface area contributed by atoms with E-state index in [1.807, 2.05) is 48.0 Å². The third-order valence-corrected chi connectivity index (χ3v) is 5.89. The maximum atomic E-state index is 12.2. The number of benzene rings is 2. The molecule has 0 aliphatic carbocycles. The van der Waals surface area contributed by atoms with Gasteiger partial charge in [-0.3, -0.25) is 4.21 Å². The Kier molecular flexibility index (Phi) is 6.00. The van der Waals surface area contributed by atoms with Crippen LogP contribution in [-0.2, 0) is 27.7 Å². The lowest BCUT2D eigenvalue weighted by Gasteiger charge is -2.09. The van der Waals surface area contributed by atoms with E-state index in [1.54, 1.807) is 12.3 Å². The first-order valence-electron chi connectivity index (χ1n) is 9.99. The maximum Gasteiger partial charge on any atom is 0.337 e. The minimum atomic E-state index is -1.01. The van der Waals surface area contributed by atoms with Crippen LogP contribution in [0.25, 0.3) is 16.8 Å². The van der Waals surface area contributed by atoms with E-state index in [1.165, 1.54) is 7.11 Å². The summed E-state index contributed by atoms with van der Waals surface area (Å²) < 4.78 is 18.7. The Labute approximate surface area is 184 Å². The average Bonchev–Trinajstić information content (AvgIpc) is 3.10. The summed E-state index contributed by atoms with van der Waals surface area (Å²) in [7, 11) is 0.354. The molecule has 4 aromatic rings. The van der Waals surface area contributed by atoms with Gasteiger partial charge in [-0.2, -0.15) is 5.10 Å². The second kappa shape index (κ2) is 8.86. The minimum Gasteiger partial charge on any atom is -0.465 e. The number of ether oxygens (including phenoxy) is 1. The number of hydrogen-bond donors (Lipinski definition) is 0. The van der Waals surface area contributed by atoms with Gasteiger partial charge in [-0.1, -0.05) is 42.5 Å². The Hall–Kier alpha value is -3.25. The molecule has 2 heterocycles. The van der Waals surface area contributed by atoms with Crippen molar-refractivity contribution in [3.05, 3.63) is 94.7 Å². The second-order valence-electron chi connectivity index (χ2n) is 7.65. The molecule has 0 N–H and O–H groups in total. The molecule has 2 aromatic carbocycles. The van der Waals surface area contributed by atoms with Crippen molar-refractivity contribution in [2.75, 3.05) is 13.4 Å². The first kappa shape index (κ1) is 21.0. The summed E-state index contributed by atoms with van der Waals surface area (Å²) in [5, 5.41) is 4.86. The second-order valence-corrected chi connectivity index (χ2v) is 9.09. The molecule has 6 heteroatoms. The summed E-state index contributed by atoms with van der Waals surface area (Å²) >= 11 is 0. The highest BCUT2D eigenvalue weighted by Gasteiger charge is 2.17. The van der Waals surface area contributed by atoms with Crippen molar-refractivity contribution in [3.63, 3.8) is 0 Å². The molecule has 0 saturated heterocycles. The SMILES string of the molecule is COC(=O)c1cc(Cc2c(-c3ccccc3)nn3cc(C)ccc23)cc(CS(C)=O)c1. The van der Waals surface area contributed by atoms with Crippen molar-refractivity contribution in [2.45, 2.75) is 19.1 Å². The fraction of sp³-hybridized carbons (Fsp3) is 0.200. The number of methoxy groups -OCH3 is 1.